The van der Waals surface area contributed by atoms with Crippen LogP contribution in [0.4, 0.5) is 22.0 Å². The van der Waals surface area contributed by atoms with Gasteiger partial charge in [0.2, 0.25) is 0 Å². The van der Waals surface area contributed by atoms with Crippen LogP contribution in [0.25, 0.3) is 22.6 Å². The lowest BCUT2D eigenvalue weighted by Crippen LogP contribution is -2.19. The number of carbonyl (C=O) groups excluding carboxylic acids is 1. The number of rotatable bonds is 8. The molecule has 0 saturated heterocycles. The van der Waals surface area contributed by atoms with Crippen molar-refractivity contribution in [2.24, 2.45) is 0 Å². The number of aliphatic hydroxyl groups excluding tert-OH is 1. The fourth-order valence-electron chi connectivity index (χ4n) is 3.28. The van der Waals surface area contributed by atoms with E-state index in [-0.39, 0.29) is 12.6 Å². The van der Waals surface area contributed by atoms with E-state index in [4.69, 9.17) is 9.97 Å². The van der Waals surface area contributed by atoms with Gasteiger partial charge in [-0.25, -0.2) is 14.8 Å². The second-order valence-electron chi connectivity index (χ2n) is 7.19. The molecule has 0 aliphatic heterocycles. The predicted octanol–water partition coefficient (Wildman–Crippen LogP) is 4.98. The van der Waals surface area contributed by atoms with Crippen LogP contribution in [0, 0.1) is 0 Å². The number of anilines is 3. The molecular weight excluding hydrogens is 448 g/mol. The maximum Gasteiger partial charge on any atom is 0.323 e. The Labute approximate surface area is 201 Å². The highest BCUT2D eigenvalue weighted by Crippen LogP contribution is 2.35. The van der Waals surface area contributed by atoms with Crippen LogP contribution in [-0.4, -0.2) is 45.5 Å². The van der Waals surface area contributed by atoms with Crippen molar-refractivity contribution in [3.05, 3.63) is 79.1 Å². The summed E-state index contributed by atoms with van der Waals surface area (Å²) in [6.07, 6.45) is 5.44. The molecule has 0 saturated carbocycles. The smallest absolute Gasteiger partial charge is 0.323 e. The van der Waals surface area contributed by atoms with Crippen LogP contribution in [0.15, 0.2) is 84.0 Å². The number of pyridine rings is 1. The number of benzene rings is 2. The normalized spacial score (nSPS) is 10.5. The zero-order chi connectivity index (χ0) is 23.8. The van der Waals surface area contributed by atoms with Crippen molar-refractivity contribution in [1.82, 2.24) is 15.0 Å². The van der Waals surface area contributed by atoms with Crippen LogP contribution in [0.5, 0.6) is 0 Å². The van der Waals surface area contributed by atoms with Crippen LogP contribution < -0.4 is 16.0 Å². The number of carbonyl (C=O) groups is 1. The first-order valence-corrected chi connectivity index (χ1v) is 11.8. The molecule has 2 aromatic carbocycles. The van der Waals surface area contributed by atoms with Crippen LogP contribution in [0.1, 0.15) is 0 Å². The van der Waals surface area contributed by atoms with Gasteiger partial charge < -0.3 is 21.1 Å². The van der Waals surface area contributed by atoms with Gasteiger partial charge in [-0.2, -0.15) is 0 Å². The van der Waals surface area contributed by atoms with Crippen molar-refractivity contribution in [1.29, 1.82) is 0 Å². The predicted molar refractivity (Wildman–Crippen MR) is 137 cm³/mol. The average molecular weight is 473 g/mol. The van der Waals surface area contributed by atoms with Crippen molar-refractivity contribution >= 4 is 35.0 Å². The highest BCUT2D eigenvalue weighted by atomic mass is 32.2. The van der Waals surface area contributed by atoms with Crippen molar-refractivity contribution in [3.63, 3.8) is 0 Å². The highest BCUT2D eigenvalue weighted by Gasteiger charge is 2.17. The van der Waals surface area contributed by atoms with Crippen molar-refractivity contribution in [3.8, 4) is 22.6 Å². The molecule has 0 unspecified atom stereocenters. The molecule has 172 valence electrons. The monoisotopic (exact) mass is 472 g/mol. The summed E-state index contributed by atoms with van der Waals surface area (Å²) in [6.45, 7) is 0.358. The Hall–Kier alpha value is -3.95. The lowest BCUT2D eigenvalue weighted by Gasteiger charge is -2.15. The Balaban J connectivity index is 1.61. The third kappa shape index (κ3) is 5.69. The minimum absolute atomic E-state index is 0.0131. The maximum absolute atomic E-state index is 12.3. The minimum Gasteiger partial charge on any atom is -0.395 e. The van der Waals surface area contributed by atoms with Crippen LogP contribution in [-0.2, 0) is 0 Å². The van der Waals surface area contributed by atoms with Gasteiger partial charge >= 0.3 is 6.03 Å². The number of hydrogen-bond acceptors (Lipinski definition) is 7. The van der Waals surface area contributed by atoms with Crippen LogP contribution >= 0.6 is 11.8 Å². The number of amides is 2. The fraction of sp³-hybridized carbons (Fsp3) is 0.120. The van der Waals surface area contributed by atoms with E-state index in [1.807, 2.05) is 60.9 Å². The summed E-state index contributed by atoms with van der Waals surface area (Å²) in [7, 11) is 0. The SMILES string of the molecule is CSc1c(NCCO)nc(-c2ccc(NC(=O)Nc3ccccc3)cc2)nc1-c1cccnc1. The summed E-state index contributed by atoms with van der Waals surface area (Å²) in [5, 5.41) is 18.1. The summed E-state index contributed by atoms with van der Waals surface area (Å²) >= 11 is 1.53. The molecular formula is C25H24N6O2S. The van der Waals surface area contributed by atoms with Gasteiger partial charge in [0, 0.05) is 41.4 Å². The number of aliphatic hydroxyl groups is 1. The van der Waals surface area contributed by atoms with Gasteiger partial charge in [-0.05, 0) is 54.8 Å². The average Bonchev–Trinajstić information content (AvgIpc) is 2.88. The summed E-state index contributed by atoms with van der Waals surface area (Å²) < 4.78 is 0. The number of nitrogens with one attached hydrogen (secondary N) is 3. The standard InChI is InChI=1S/C25H24N6O2S/c1-34-22-21(18-6-5-13-26-16-18)30-23(31-24(22)27-14-15-32)17-9-11-20(12-10-17)29-25(33)28-19-7-3-2-4-8-19/h2-13,16,32H,14-15H2,1H3,(H,27,30,31)(H2,28,29,33). The molecule has 0 bridgehead atoms. The topological polar surface area (TPSA) is 112 Å². The third-order valence-electron chi connectivity index (χ3n) is 4.84. The molecule has 2 amide bonds. The van der Waals surface area contributed by atoms with E-state index in [9.17, 15) is 9.90 Å². The van der Waals surface area contributed by atoms with Crippen molar-refractivity contribution < 1.29 is 9.90 Å². The first-order valence-electron chi connectivity index (χ1n) is 10.6. The van der Waals surface area contributed by atoms with Gasteiger partial charge in [0.15, 0.2) is 5.82 Å². The zero-order valence-corrected chi connectivity index (χ0v) is 19.3. The summed E-state index contributed by atoms with van der Waals surface area (Å²) in [6, 6.07) is 20.1. The van der Waals surface area contributed by atoms with E-state index in [2.05, 4.69) is 20.9 Å². The molecule has 9 heteroatoms. The number of urea groups is 1. The van der Waals surface area contributed by atoms with Gasteiger partial charge in [-0.15, -0.1) is 11.8 Å². The number of hydrogen-bond donors (Lipinski definition) is 4. The maximum atomic E-state index is 12.3. The van der Waals surface area contributed by atoms with E-state index in [1.165, 1.54) is 11.8 Å². The first-order chi connectivity index (χ1) is 16.7. The van der Waals surface area contributed by atoms with Crippen LogP contribution in [0.3, 0.4) is 0 Å². The van der Waals surface area contributed by atoms with Gasteiger partial charge in [0.25, 0.3) is 0 Å². The minimum atomic E-state index is -0.325. The van der Waals surface area contributed by atoms with E-state index in [0.29, 0.717) is 29.6 Å². The molecule has 34 heavy (non-hydrogen) atoms. The molecule has 8 nitrogen and oxygen atoms in total. The first kappa shape index (κ1) is 23.2. The van der Waals surface area contributed by atoms with E-state index in [0.717, 1.165) is 21.7 Å². The molecule has 4 aromatic rings. The molecule has 0 fully saturated rings. The van der Waals surface area contributed by atoms with Gasteiger partial charge in [-0.3, -0.25) is 4.98 Å². The molecule has 0 atom stereocenters. The molecule has 0 aliphatic rings. The van der Waals surface area contributed by atoms with Crippen LogP contribution in [0.2, 0.25) is 0 Å². The summed E-state index contributed by atoms with van der Waals surface area (Å²) in [4.78, 5) is 26.9. The van der Waals surface area contributed by atoms with Gasteiger partial charge in [0.1, 0.15) is 5.82 Å². The molecule has 2 heterocycles. The second-order valence-corrected chi connectivity index (χ2v) is 8.01. The molecule has 2 aromatic heterocycles. The Morgan fingerprint density at radius 3 is 2.29 bits per heavy atom. The van der Waals surface area contributed by atoms with Crippen molar-refractivity contribution in [2.75, 3.05) is 35.4 Å². The molecule has 0 aliphatic carbocycles. The number of thioether (sulfide) groups is 1. The number of aromatic nitrogens is 3. The van der Waals surface area contributed by atoms with E-state index >= 15 is 0 Å². The molecule has 0 spiro atoms. The lowest BCUT2D eigenvalue weighted by atomic mass is 10.1. The highest BCUT2D eigenvalue weighted by molar-refractivity contribution is 7.98. The van der Waals surface area contributed by atoms with Gasteiger partial charge in [0.05, 0.1) is 17.2 Å². The molecule has 4 rings (SSSR count). The second kappa shape index (κ2) is 11.3. The number of nitrogens with zero attached hydrogens (tertiary/aromatic N) is 3. The fourth-order valence-corrected chi connectivity index (χ4v) is 3.95. The van der Waals surface area contributed by atoms with E-state index < -0.39 is 0 Å². The third-order valence-corrected chi connectivity index (χ3v) is 5.64. The van der Waals surface area contributed by atoms with E-state index in [1.54, 1.807) is 24.5 Å². The van der Waals surface area contributed by atoms with Crippen molar-refractivity contribution in [2.45, 2.75) is 4.90 Å². The Morgan fingerprint density at radius 1 is 0.912 bits per heavy atom. The Kier molecular flexibility index (Phi) is 7.69. The molecule has 0 radical (unpaired) electrons. The summed E-state index contributed by atoms with van der Waals surface area (Å²) in [5.74, 6) is 1.17. The Bertz CT molecular complexity index is 1240. The Morgan fingerprint density at radius 2 is 1.65 bits per heavy atom. The van der Waals surface area contributed by atoms with Gasteiger partial charge in [-0.1, -0.05) is 18.2 Å². The molecule has 4 N–H and O–H groups in total. The quantitative estimate of drug-likeness (QED) is 0.268. The lowest BCUT2D eigenvalue weighted by molar-refractivity contribution is 0.262. The summed E-state index contributed by atoms with van der Waals surface area (Å²) in [5.41, 5.74) is 3.78. The largest absolute Gasteiger partial charge is 0.395 e. The zero-order valence-electron chi connectivity index (χ0n) is 18.5. The number of para-hydroxylation sites is 1.